The molecule has 2 N–H and O–H groups in total. The van der Waals surface area contributed by atoms with Gasteiger partial charge in [-0.25, -0.2) is 0 Å². The van der Waals surface area contributed by atoms with Crippen molar-refractivity contribution >= 4 is 5.91 Å². The van der Waals surface area contributed by atoms with Gasteiger partial charge in [-0.05, 0) is 30.5 Å². The smallest absolute Gasteiger partial charge is 0.226 e. The number of nitrogens with zero attached hydrogens (tertiary/aromatic N) is 1. The zero-order valence-electron chi connectivity index (χ0n) is 9.36. The van der Waals surface area contributed by atoms with E-state index < -0.39 is 0 Å². The van der Waals surface area contributed by atoms with Crippen molar-refractivity contribution in [1.82, 2.24) is 4.90 Å². The lowest BCUT2D eigenvalue weighted by molar-refractivity contribution is -0.129. The van der Waals surface area contributed by atoms with Gasteiger partial charge in [-0.3, -0.25) is 4.79 Å². The number of amides is 1. The third-order valence-corrected chi connectivity index (χ3v) is 3.10. The molecule has 1 amide bonds. The number of rotatable bonds is 3. The van der Waals surface area contributed by atoms with Gasteiger partial charge in [-0.1, -0.05) is 24.3 Å². The van der Waals surface area contributed by atoms with Crippen molar-refractivity contribution in [3.05, 3.63) is 35.9 Å². The predicted octanol–water partition coefficient (Wildman–Crippen LogP) is 0.836. The maximum Gasteiger partial charge on any atom is 0.226 e. The minimum Gasteiger partial charge on any atom is -0.342 e. The Kier molecular flexibility index (Phi) is 3.57. The summed E-state index contributed by atoms with van der Waals surface area (Å²) in [4.78, 5) is 13.9. The van der Waals surface area contributed by atoms with Crippen LogP contribution in [0.3, 0.4) is 0 Å². The van der Waals surface area contributed by atoms with Crippen LogP contribution in [0.4, 0.5) is 0 Å². The second-order valence-corrected chi connectivity index (χ2v) is 4.32. The summed E-state index contributed by atoms with van der Waals surface area (Å²) in [7, 11) is 0. The van der Waals surface area contributed by atoms with E-state index in [0.717, 1.165) is 25.1 Å². The quantitative estimate of drug-likeness (QED) is 0.815. The normalized spacial score (nSPS) is 20.1. The Labute approximate surface area is 96.2 Å². The molecule has 1 unspecified atom stereocenters. The van der Waals surface area contributed by atoms with Crippen LogP contribution in [0.25, 0.3) is 0 Å². The van der Waals surface area contributed by atoms with Crippen LogP contribution in [0.2, 0.25) is 0 Å². The van der Waals surface area contributed by atoms with Crippen molar-refractivity contribution in [3.8, 4) is 0 Å². The third kappa shape index (κ3) is 2.61. The molecule has 1 aromatic carbocycles. The maximum atomic E-state index is 11.9. The average Bonchev–Trinajstić information content (AvgIpc) is 2.79. The van der Waals surface area contributed by atoms with Gasteiger partial charge in [0.1, 0.15) is 0 Å². The molecule has 2 rings (SSSR count). The Balaban J connectivity index is 1.90. The molecule has 1 aliphatic heterocycles. The molecule has 1 saturated heterocycles. The summed E-state index contributed by atoms with van der Waals surface area (Å²) in [6.07, 6.45) is 1.53. The van der Waals surface area contributed by atoms with Crippen LogP contribution in [0.5, 0.6) is 0 Å². The SMILES string of the molecule is NCC1CCN(C(=O)Cc2c[c]ccc2)C1. The molecule has 1 fully saturated rings. The standard InChI is InChI=1S/C13H17N2O/c14-9-12-6-7-15(10-12)13(16)8-11-4-2-1-3-5-11/h1-2,4-5,12H,6-10,14H2. The van der Waals surface area contributed by atoms with E-state index in [0.29, 0.717) is 18.9 Å². The molecule has 1 aliphatic rings. The number of carbonyl (C=O) groups excluding carboxylic acids is 1. The summed E-state index contributed by atoms with van der Waals surface area (Å²) in [5.74, 6) is 0.696. The molecule has 1 aromatic rings. The summed E-state index contributed by atoms with van der Waals surface area (Å²) >= 11 is 0. The number of hydrogen-bond acceptors (Lipinski definition) is 2. The summed E-state index contributed by atoms with van der Waals surface area (Å²) in [5, 5.41) is 0. The van der Waals surface area contributed by atoms with Crippen molar-refractivity contribution in [2.45, 2.75) is 12.8 Å². The van der Waals surface area contributed by atoms with E-state index in [1.807, 2.05) is 29.2 Å². The highest BCUT2D eigenvalue weighted by atomic mass is 16.2. The number of carbonyl (C=O) groups is 1. The minimum absolute atomic E-state index is 0.204. The largest absolute Gasteiger partial charge is 0.342 e. The molecule has 0 aliphatic carbocycles. The first kappa shape index (κ1) is 11.1. The lowest BCUT2D eigenvalue weighted by Crippen LogP contribution is -2.31. The molecule has 0 spiro atoms. The first-order valence-corrected chi connectivity index (χ1v) is 5.72. The molecule has 16 heavy (non-hydrogen) atoms. The molecule has 1 atom stereocenters. The first-order valence-electron chi connectivity index (χ1n) is 5.72. The zero-order chi connectivity index (χ0) is 11.4. The summed E-state index contributed by atoms with van der Waals surface area (Å²) in [6, 6.07) is 10.6. The van der Waals surface area contributed by atoms with Crippen LogP contribution in [-0.2, 0) is 11.2 Å². The fourth-order valence-corrected chi connectivity index (χ4v) is 2.08. The molecule has 1 heterocycles. The third-order valence-electron chi connectivity index (χ3n) is 3.10. The molecule has 0 bridgehead atoms. The van der Waals surface area contributed by atoms with Crippen LogP contribution in [-0.4, -0.2) is 30.4 Å². The van der Waals surface area contributed by atoms with Crippen LogP contribution in [0.15, 0.2) is 24.3 Å². The number of benzene rings is 1. The van der Waals surface area contributed by atoms with E-state index in [4.69, 9.17) is 5.73 Å². The van der Waals surface area contributed by atoms with Gasteiger partial charge >= 0.3 is 0 Å². The molecule has 3 nitrogen and oxygen atoms in total. The van der Waals surface area contributed by atoms with Gasteiger partial charge in [-0.2, -0.15) is 0 Å². The highest BCUT2D eigenvalue weighted by Gasteiger charge is 2.24. The Morgan fingerprint density at radius 1 is 1.62 bits per heavy atom. The Morgan fingerprint density at radius 2 is 2.50 bits per heavy atom. The summed E-state index contributed by atoms with van der Waals surface area (Å²) < 4.78 is 0. The van der Waals surface area contributed by atoms with Crippen molar-refractivity contribution in [2.24, 2.45) is 11.7 Å². The van der Waals surface area contributed by atoms with E-state index in [2.05, 4.69) is 6.07 Å². The van der Waals surface area contributed by atoms with Gasteiger partial charge in [0.15, 0.2) is 0 Å². The maximum absolute atomic E-state index is 11.9. The fraction of sp³-hybridized carbons (Fsp3) is 0.462. The van der Waals surface area contributed by atoms with E-state index in [-0.39, 0.29) is 5.91 Å². The number of likely N-dealkylation sites (tertiary alicyclic amines) is 1. The monoisotopic (exact) mass is 217 g/mol. The molecule has 3 heteroatoms. The van der Waals surface area contributed by atoms with Crippen molar-refractivity contribution in [2.75, 3.05) is 19.6 Å². The summed E-state index contributed by atoms with van der Waals surface area (Å²) in [5.41, 5.74) is 6.64. The molecule has 85 valence electrons. The number of hydrogen-bond donors (Lipinski definition) is 1. The van der Waals surface area contributed by atoms with E-state index >= 15 is 0 Å². The van der Waals surface area contributed by atoms with E-state index in [1.165, 1.54) is 0 Å². The lowest BCUT2D eigenvalue weighted by atomic mass is 10.1. The second-order valence-electron chi connectivity index (χ2n) is 4.32. The number of nitrogens with two attached hydrogens (primary N) is 1. The second kappa shape index (κ2) is 5.12. The van der Waals surface area contributed by atoms with Crippen LogP contribution in [0, 0.1) is 12.0 Å². The van der Waals surface area contributed by atoms with Crippen molar-refractivity contribution in [3.63, 3.8) is 0 Å². The highest BCUT2D eigenvalue weighted by Crippen LogP contribution is 2.16. The van der Waals surface area contributed by atoms with Gasteiger partial charge in [-0.15, -0.1) is 0 Å². The van der Waals surface area contributed by atoms with Crippen LogP contribution in [0.1, 0.15) is 12.0 Å². The van der Waals surface area contributed by atoms with Crippen molar-refractivity contribution in [1.29, 1.82) is 0 Å². The molecule has 0 saturated carbocycles. The van der Waals surface area contributed by atoms with E-state index in [1.54, 1.807) is 0 Å². The highest BCUT2D eigenvalue weighted by molar-refractivity contribution is 5.79. The van der Waals surface area contributed by atoms with Gasteiger partial charge < -0.3 is 10.6 Å². The molecular formula is C13H17N2O. The van der Waals surface area contributed by atoms with Gasteiger partial charge in [0.05, 0.1) is 6.42 Å². The fourth-order valence-electron chi connectivity index (χ4n) is 2.08. The minimum atomic E-state index is 0.204. The van der Waals surface area contributed by atoms with Crippen LogP contribution < -0.4 is 5.73 Å². The summed E-state index contributed by atoms with van der Waals surface area (Å²) in [6.45, 7) is 2.37. The Bertz CT molecular complexity index is 350. The van der Waals surface area contributed by atoms with Gasteiger partial charge in [0, 0.05) is 13.1 Å². The topological polar surface area (TPSA) is 46.3 Å². The molecule has 1 radical (unpaired) electrons. The predicted molar refractivity (Wildman–Crippen MR) is 62.7 cm³/mol. The Morgan fingerprint density at radius 3 is 3.12 bits per heavy atom. The van der Waals surface area contributed by atoms with Crippen molar-refractivity contribution < 1.29 is 4.79 Å². The molecule has 0 aromatic heterocycles. The lowest BCUT2D eigenvalue weighted by Gasteiger charge is -2.16. The van der Waals surface area contributed by atoms with Crippen LogP contribution >= 0.6 is 0 Å². The Hall–Kier alpha value is -1.35. The van der Waals surface area contributed by atoms with Gasteiger partial charge in [0.2, 0.25) is 5.91 Å². The molecular weight excluding hydrogens is 200 g/mol. The zero-order valence-corrected chi connectivity index (χ0v) is 9.36. The van der Waals surface area contributed by atoms with E-state index in [9.17, 15) is 4.79 Å². The first-order chi connectivity index (χ1) is 7.79. The van der Waals surface area contributed by atoms with Gasteiger partial charge in [0.25, 0.3) is 0 Å². The average molecular weight is 217 g/mol.